The molecule has 0 bridgehead atoms. The zero-order valence-corrected chi connectivity index (χ0v) is 13.5. The third kappa shape index (κ3) is 4.80. The van der Waals surface area contributed by atoms with Crippen LogP contribution in [0.4, 0.5) is 0 Å². The van der Waals surface area contributed by atoms with Crippen LogP contribution in [-0.2, 0) is 11.3 Å². The highest BCUT2D eigenvalue weighted by Crippen LogP contribution is 2.16. The Balaban J connectivity index is 1.82. The molecule has 1 unspecified atom stereocenters. The molecule has 1 aromatic rings. The Morgan fingerprint density at radius 2 is 1.86 bits per heavy atom. The lowest BCUT2D eigenvalue weighted by Gasteiger charge is -2.38. The van der Waals surface area contributed by atoms with E-state index in [1.165, 1.54) is 12.5 Å². The summed E-state index contributed by atoms with van der Waals surface area (Å²) < 4.78 is 5.04. The normalized spacial score (nSPS) is 18.1. The van der Waals surface area contributed by atoms with E-state index in [2.05, 4.69) is 16.7 Å². The van der Waals surface area contributed by atoms with Gasteiger partial charge in [-0.3, -0.25) is 14.6 Å². The number of esters is 1. The van der Waals surface area contributed by atoms with E-state index in [9.17, 15) is 9.90 Å². The van der Waals surface area contributed by atoms with Crippen molar-refractivity contribution in [3.05, 3.63) is 29.8 Å². The second-order valence-electron chi connectivity index (χ2n) is 5.79. The van der Waals surface area contributed by atoms with Crippen LogP contribution in [0, 0.1) is 0 Å². The molecule has 1 aliphatic heterocycles. The molecule has 0 saturated carbocycles. The van der Waals surface area contributed by atoms with Gasteiger partial charge in [0.15, 0.2) is 0 Å². The molecule has 122 valence electrons. The van der Waals surface area contributed by atoms with E-state index in [0.717, 1.165) is 39.1 Å². The molecule has 1 aliphatic rings. The van der Waals surface area contributed by atoms with Crippen LogP contribution in [0.5, 0.6) is 5.75 Å². The second kappa shape index (κ2) is 8.27. The van der Waals surface area contributed by atoms with E-state index in [1.807, 2.05) is 24.3 Å². The van der Waals surface area contributed by atoms with Crippen molar-refractivity contribution in [3.8, 4) is 5.75 Å². The smallest absolute Gasteiger partial charge is 0.308 e. The number of piperazine rings is 1. The molecule has 1 fully saturated rings. The molecule has 1 aromatic carbocycles. The summed E-state index contributed by atoms with van der Waals surface area (Å²) in [6.07, 6.45) is 0.994. The maximum Gasteiger partial charge on any atom is 0.308 e. The van der Waals surface area contributed by atoms with Crippen molar-refractivity contribution in [2.75, 3.05) is 32.8 Å². The largest absolute Gasteiger partial charge is 0.427 e. The first kappa shape index (κ1) is 16.9. The van der Waals surface area contributed by atoms with E-state index in [1.54, 1.807) is 0 Å². The monoisotopic (exact) mass is 306 g/mol. The molecule has 22 heavy (non-hydrogen) atoms. The predicted molar refractivity (Wildman–Crippen MR) is 85.8 cm³/mol. The minimum absolute atomic E-state index is 0.244. The average Bonchev–Trinajstić information content (AvgIpc) is 2.51. The molecule has 1 N–H and O–H groups in total. The Hall–Kier alpha value is -1.43. The molecule has 0 radical (unpaired) electrons. The minimum Gasteiger partial charge on any atom is -0.427 e. The van der Waals surface area contributed by atoms with Crippen LogP contribution < -0.4 is 4.74 Å². The first-order valence-corrected chi connectivity index (χ1v) is 7.97. The number of ether oxygens (including phenoxy) is 1. The van der Waals surface area contributed by atoms with Gasteiger partial charge in [0.05, 0.1) is 6.61 Å². The molecule has 5 heteroatoms. The standard InChI is InChI=1S/C17H26N2O3/c1-3-16(13-20)19-10-8-18(9-11-19)12-15-4-6-17(7-5-15)22-14(2)21/h4-7,16,20H,3,8-13H2,1-2H3. The fraction of sp³-hybridized carbons (Fsp3) is 0.588. The zero-order valence-electron chi connectivity index (χ0n) is 13.5. The third-order valence-corrected chi connectivity index (χ3v) is 4.20. The third-order valence-electron chi connectivity index (χ3n) is 4.20. The van der Waals surface area contributed by atoms with Gasteiger partial charge >= 0.3 is 5.97 Å². The maximum absolute atomic E-state index is 10.9. The van der Waals surface area contributed by atoms with Gasteiger partial charge in [0, 0.05) is 45.7 Å². The summed E-state index contributed by atoms with van der Waals surface area (Å²) in [6.45, 7) is 8.72. The summed E-state index contributed by atoms with van der Waals surface area (Å²) in [5.41, 5.74) is 1.22. The molecule has 2 rings (SSSR count). The SMILES string of the molecule is CCC(CO)N1CCN(Cc2ccc(OC(C)=O)cc2)CC1. The van der Waals surface area contributed by atoms with E-state index in [-0.39, 0.29) is 12.6 Å². The van der Waals surface area contributed by atoms with E-state index < -0.39 is 0 Å². The highest BCUT2D eigenvalue weighted by atomic mass is 16.5. The van der Waals surface area contributed by atoms with Gasteiger partial charge in [-0.15, -0.1) is 0 Å². The molecular weight excluding hydrogens is 280 g/mol. The average molecular weight is 306 g/mol. The molecule has 0 amide bonds. The number of carbonyl (C=O) groups excluding carboxylic acids is 1. The number of benzene rings is 1. The number of rotatable bonds is 6. The molecule has 0 spiro atoms. The van der Waals surface area contributed by atoms with Crippen molar-refractivity contribution in [2.24, 2.45) is 0 Å². The Morgan fingerprint density at radius 3 is 2.36 bits per heavy atom. The van der Waals surface area contributed by atoms with Crippen molar-refractivity contribution < 1.29 is 14.6 Å². The molecule has 1 saturated heterocycles. The quantitative estimate of drug-likeness (QED) is 0.637. The molecule has 1 heterocycles. The van der Waals surface area contributed by atoms with Crippen molar-refractivity contribution >= 4 is 5.97 Å². The summed E-state index contributed by atoms with van der Waals surface area (Å²) >= 11 is 0. The van der Waals surface area contributed by atoms with Crippen LogP contribution in [-0.4, -0.2) is 59.7 Å². The van der Waals surface area contributed by atoms with Gasteiger partial charge in [-0.25, -0.2) is 0 Å². The maximum atomic E-state index is 10.9. The van der Waals surface area contributed by atoms with Gasteiger partial charge in [-0.1, -0.05) is 19.1 Å². The topological polar surface area (TPSA) is 53.0 Å². The lowest BCUT2D eigenvalue weighted by atomic mass is 10.1. The number of carbonyl (C=O) groups is 1. The first-order chi connectivity index (χ1) is 10.6. The number of aliphatic hydroxyl groups excluding tert-OH is 1. The number of hydrogen-bond acceptors (Lipinski definition) is 5. The van der Waals surface area contributed by atoms with E-state index in [4.69, 9.17) is 4.74 Å². The Bertz CT molecular complexity index is 463. The van der Waals surface area contributed by atoms with Crippen molar-refractivity contribution in [1.82, 2.24) is 9.80 Å². The van der Waals surface area contributed by atoms with Crippen LogP contribution in [0.15, 0.2) is 24.3 Å². The van der Waals surface area contributed by atoms with Gasteiger partial charge in [0.25, 0.3) is 0 Å². The van der Waals surface area contributed by atoms with Gasteiger partial charge in [-0.05, 0) is 24.1 Å². The predicted octanol–water partition coefficient (Wildman–Crippen LogP) is 1.50. The van der Waals surface area contributed by atoms with Crippen molar-refractivity contribution in [1.29, 1.82) is 0 Å². The summed E-state index contributed by atoms with van der Waals surface area (Å²) in [5.74, 6) is 0.299. The number of aliphatic hydroxyl groups is 1. The molecule has 1 atom stereocenters. The fourth-order valence-corrected chi connectivity index (χ4v) is 2.88. The first-order valence-electron chi connectivity index (χ1n) is 7.97. The van der Waals surface area contributed by atoms with Crippen LogP contribution in [0.25, 0.3) is 0 Å². The van der Waals surface area contributed by atoms with Crippen LogP contribution in [0.1, 0.15) is 25.8 Å². The summed E-state index contributed by atoms with van der Waals surface area (Å²) in [7, 11) is 0. The van der Waals surface area contributed by atoms with Crippen LogP contribution in [0.3, 0.4) is 0 Å². The highest BCUT2D eigenvalue weighted by Gasteiger charge is 2.22. The summed E-state index contributed by atoms with van der Waals surface area (Å²) in [4.78, 5) is 15.7. The van der Waals surface area contributed by atoms with Crippen LogP contribution in [0.2, 0.25) is 0 Å². The minimum atomic E-state index is -0.293. The molecule has 5 nitrogen and oxygen atoms in total. The van der Waals surface area contributed by atoms with Crippen molar-refractivity contribution in [3.63, 3.8) is 0 Å². The highest BCUT2D eigenvalue weighted by molar-refractivity contribution is 5.69. The molecule has 0 aromatic heterocycles. The summed E-state index contributed by atoms with van der Waals surface area (Å²) in [6, 6.07) is 7.99. The van der Waals surface area contributed by atoms with Gasteiger partial charge in [0.2, 0.25) is 0 Å². The Kier molecular flexibility index (Phi) is 6.36. The lowest BCUT2D eigenvalue weighted by molar-refractivity contribution is -0.131. The van der Waals surface area contributed by atoms with E-state index >= 15 is 0 Å². The van der Waals surface area contributed by atoms with Gasteiger partial charge < -0.3 is 9.84 Å². The molecular formula is C17H26N2O3. The Morgan fingerprint density at radius 1 is 1.23 bits per heavy atom. The number of nitrogens with zero attached hydrogens (tertiary/aromatic N) is 2. The Labute approximate surface area is 132 Å². The van der Waals surface area contributed by atoms with E-state index in [0.29, 0.717) is 11.8 Å². The lowest BCUT2D eigenvalue weighted by Crippen LogP contribution is -2.50. The van der Waals surface area contributed by atoms with Crippen LogP contribution >= 0.6 is 0 Å². The van der Waals surface area contributed by atoms with Gasteiger partial charge in [-0.2, -0.15) is 0 Å². The zero-order chi connectivity index (χ0) is 15.9. The van der Waals surface area contributed by atoms with Gasteiger partial charge in [0.1, 0.15) is 5.75 Å². The van der Waals surface area contributed by atoms with Crippen molar-refractivity contribution in [2.45, 2.75) is 32.9 Å². The molecule has 0 aliphatic carbocycles. The number of hydrogen-bond donors (Lipinski definition) is 1. The second-order valence-corrected chi connectivity index (χ2v) is 5.79. The summed E-state index contributed by atoms with van der Waals surface area (Å²) in [5, 5.41) is 9.38. The fourth-order valence-electron chi connectivity index (χ4n) is 2.88.